The first kappa shape index (κ1) is 15.3. The zero-order valence-corrected chi connectivity index (χ0v) is 13.5. The lowest BCUT2D eigenvalue weighted by molar-refractivity contribution is 0.625. The van der Waals surface area contributed by atoms with Gasteiger partial charge in [-0.1, -0.05) is 18.2 Å². The molecule has 0 atom stereocenters. The highest BCUT2D eigenvalue weighted by molar-refractivity contribution is 5.61. The van der Waals surface area contributed by atoms with Crippen LogP contribution in [0.5, 0.6) is 0 Å². The van der Waals surface area contributed by atoms with Gasteiger partial charge < -0.3 is 10.2 Å². The molecule has 2 rings (SSSR count). The van der Waals surface area contributed by atoms with Crippen LogP contribution >= 0.6 is 0 Å². The van der Waals surface area contributed by atoms with E-state index in [4.69, 9.17) is 0 Å². The molecule has 0 bridgehead atoms. The number of anilines is 3. The molecule has 0 aliphatic rings. The Labute approximate surface area is 127 Å². The number of aromatic nitrogens is 2. The van der Waals surface area contributed by atoms with Crippen LogP contribution in [0.1, 0.15) is 33.4 Å². The first-order chi connectivity index (χ1) is 9.89. The normalized spacial score (nSPS) is 11.3. The van der Waals surface area contributed by atoms with Gasteiger partial charge in [0, 0.05) is 29.5 Å². The fourth-order valence-electron chi connectivity index (χ4n) is 2.17. The summed E-state index contributed by atoms with van der Waals surface area (Å²) >= 11 is 0. The molecular formula is C17H24N4. The van der Waals surface area contributed by atoms with E-state index in [2.05, 4.69) is 60.0 Å². The molecule has 0 spiro atoms. The number of aryl methyl sites for hydroxylation is 1. The van der Waals surface area contributed by atoms with Crippen molar-refractivity contribution in [3.8, 4) is 0 Å². The maximum atomic E-state index is 4.67. The van der Waals surface area contributed by atoms with Crippen LogP contribution in [0.2, 0.25) is 0 Å². The summed E-state index contributed by atoms with van der Waals surface area (Å²) < 4.78 is 0. The summed E-state index contributed by atoms with van der Waals surface area (Å²) in [4.78, 5) is 11.3. The second-order valence-electron chi connectivity index (χ2n) is 6.15. The van der Waals surface area contributed by atoms with Crippen LogP contribution in [-0.2, 0) is 0 Å². The van der Waals surface area contributed by atoms with Crippen LogP contribution in [-0.4, -0.2) is 22.1 Å². The number of hydrogen-bond acceptors (Lipinski definition) is 4. The van der Waals surface area contributed by atoms with Gasteiger partial charge in [0.2, 0.25) is 5.95 Å². The van der Waals surface area contributed by atoms with Gasteiger partial charge in [-0.15, -0.1) is 0 Å². The minimum absolute atomic E-state index is 0.0607. The largest absolute Gasteiger partial charge is 0.350 e. The van der Waals surface area contributed by atoms with Crippen molar-refractivity contribution in [1.29, 1.82) is 0 Å². The van der Waals surface area contributed by atoms with Crippen molar-refractivity contribution in [2.45, 2.75) is 40.2 Å². The zero-order valence-electron chi connectivity index (χ0n) is 13.5. The maximum Gasteiger partial charge on any atom is 0.225 e. The smallest absolute Gasteiger partial charge is 0.225 e. The van der Waals surface area contributed by atoms with Gasteiger partial charge >= 0.3 is 0 Å². The van der Waals surface area contributed by atoms with Crippen molar-refractivity contribution >= 4 is 17.5 Å². The predicted octanol–water partition coefficient (Wildman–Crippen LogP) is 4.15. The first-order valence-corrected chi connectivity index (χ1v) is 7.35. The molecule has 0 fully saturated rings. The van der Waals surface area contributed by atoms with Crippen molar-refractivity contribution < 1.29 is 0 Å². The number of benzene rings is 1. The Morgan fingerprint density at radius 1 is 1.10 bits per heavy atom. The Morgan fingerprint density at radius 3 is 2.33 bits per heavy atom. The van der Waals surface area contributed by atoms with Crippen molar-refractivity contribution in [1.82, 2.24) is 9.97 Å². The molecule has 0 saturated heterocycles. The number of para-hydroxylation sites is 1. The summed E-state index contributed by atoms with van der Waals surface area (Å²) in [5.41, 5.74) is 2.04. The molecule has 0 aliphatic heterocycles. The van der Waals surface area contributed by atoms with E-state index in [0.717, 1.165) is 23.7 Å². The van der Waals surface area contributed by atoms with E-state index in [-0.39, 0.29) is 5.54 Å². The van der Waals surface area contributed by atoms with Crippen molar-refractivity contribution in [2.24, 2.45) is 0 Å². The third-order valence-electron chi connectivity index (χ3n) is 2.99. The molecule has 4 heteroatoms. The van der Waals surface area contributed by atoms with E-state index in [1.165, 1.54) is 0 Å². The second-order valence-corrected chi connectivity index (χ2v) is 6.15. The highest BCUT2D eigenvalue weighted by Crippen LogP contribution is 2.25. The SMILES string of the molecule is CCN(c1ccccc1)c1cc(C)nc(NC(C)(C)C)n1. The molecule has 4 nitrogen and oxygen atoms in total. The van der Waals surface area contributed by atoms with E-state index in [0.29, 0.717) is 5.95 Å². The summed E-state index contributed by atoms with van der Waals surface area (Å²) in [6.07, 6.45) is 0. The molecule has 1 heterocycles. The topological polar surface area (TPSA) is 41.1 Å². The fourth-order valence-corrected chi connectivity index (χ4v) is 2.17. The van der Waals surface area contributed by atoms with Gasteiger partial charge in [0.05, 0.1) is 0 Å². The molecule has 1 aromatic heterocycles. The molecule has 21 heavy (non-hydrogen) atoms. The fraction of sp³-hybridized carbons (Fsp3) is 0.412. The zero-order chi connectivity index (χ0) is 15.5. The van der Waals surface area contributed by atoms with Crippen LogP contribution in [0.3, 0.4) is 0 Å². The van der Waals surface area contributed by atoms with Crippen molar-refractivity contribution in [3.05, 3.63) is 42.1 Å². The van der Waals surface area contributed by atoms with Gasteiger partial charge in [-0.2, -0.15) is 4.98 Å². The van der Waals surface area contributed by atoms with Crippen LogP contribution in [0.4, 0.5) is 17.5 Å². The molecule has 0 amide bonds. The molecular weight excluding hydrogens is 260 g/mol. The molecule has 0 aliphatic carbocycles. The highest BCUT2D eigenvalue weighted by Gasteiger charge is 2.15. The van der Waals surface area contributed by atoms with Crippen LogP contribution in [0.15, 0.2) is 36.4 Å². The molecule has 2 aromatic rings. The maximum absolute atomic E-state index is 4.67. The number of rotatable bonds is 4. The Kier molecular flexibility index (Phi) is 4.46. The van der Waals surface area contributed by atoms with E-state index in [9.17, 15) is 0 Å². The van der Waals surface area contributed by atoms with E-state index >= 15 is 0 Å². The Balaban J connectivity index is 2.38. The first-order valence-electron chi connectivity index (χ1n) is 7.35. The predicted molar refractivity (Wildman–Crippen MR) is 89.3 cm³/mol. The van der Waals surface area contributed by atoms with Crippen LogP contribution in [0.25, 0.3) is 0 Å². The lowest BCUT2D eigenvalue weighted by atomic mass is 10.1. The molecule has 112 valence electrons. The quantitative estimate of drug-likeness (QED) is 0.915. The molecule has 1 aromatic carbocycles. The third-order valence-corrected chi connectivity index (χ3v) is 2.99. The van der Waals surface area contributed by atoms with Crippen molar-refractivity contribution in [2.75, 3.05) is 16.8 Å². The molecule has 1 N–H and O–H groups in total. The number of nitrogens with zero attached hydrogens (tertiary/aromatic N) is 3. The summed E-state index contributed by atoms with van der Waals surface area (Å²) in [6.45, 7) is 11.3. The van der Waals surface area contributed by atoms with Crippen LogP contribution < -0.4 is 10.2 Å². The standard InChI is InChI=1S/C17H24N4/c1-6-21(14-10-8-7-9-11-14)15-12-13(2)18-16(19-15)20-17(3,4)5/h7-12H,6H2,1-5H3,(H,18,19,20). The molecule has 0 unspecified atom stereocenters. The summed E-state index contributed by atoms with van der Waals surface area (Å²) in [5.74, 6) is 1.59. The summed E-state index contributed by atoms with van der Waals surface area (Å²) in [7, 11) is 0. The average Bonchev–Trinajstić information content (AvgIpc) is 2.38. The van der Waals surface area contributed by atoms with Gasteiger partial charge in [-0.3, -0.25) is 0 Å². The number of nitrogens with one attached hydrogen (secondary N) is 1. The highest BCUT2D eigenvalue weighted by atomic mass is 15.2. The summed E-state index contributed by atoms with van der Waals surface area (Å²) in [5, 5.41) is 3.34. The van der Waals surface area contributed by atoms with E-state index in [1.807, 2.05) is 31.2 Å². The van der Waals surface area contributed by atoms with Gasteiger partial charge in [-0.05, 0) is 46.8 Å². The van der Waals surface area contributed by atoms with Gasteiger partial charge in [0.15, 0.2) is 0 Å². The number of hydrogen-bond donors (Lipinski definition) is 1. The third kappa shape index (κ3) is 4.18. The minimum Gasteiger partial charge on any atom is -0.350 e. The van der Waals surface area contributed by atoms with Gasteiger partial charge in [0.25, 0.3) is 0 Å². The molecule has 0 saturated carbocycles. The lowest BCUT2D eigenvalue weighted by Crippen LogP contribution is -2.28. The Hall–Kier alpha value is -2.10. The van der Waals surface area contributed by atoms with Gasteiger partial charge in [0.1, 0.15) is 5.82 Å². The van der Waals surface area contributed by atoms with Crippen LogP contribution in [0, 0.1) is 6.92 Å². The minimum atomic E-state index is -0.0607. The van der Waals surface area contributed by atoms with Gasteiger partial charge in [-0.25, -0.2) is 4.98 Å². The Morgan fingerprint density at radius 2 is 1.76 bits per heavy atom. The summed E-state index contributed by atoms with van der Waals surface area (Å²) in [6, 6.07) is 12.3. The monoisotopic (exact) mass is 284 g/mol. The Bertz CT molecular complexity index is 587. The average molecular weight is 284 g/mol. The second kappa shape index (κ2) is 6.12. The lowest BCUT2D eigenvalue weighted by Gasteiger charge is -2.25. The molecule has 0 radical (unpaired) electrons. The van der Waals surface area contributed by atoms with E-state index < -0.39 is 0 Å². The van der Waals surface area contributed by atoms with E-state index in [1.54, 1.807) is 0 Å². The van der Waals surface area contributed by atoms with Crippen molar-refractivity contribution in [3.63, 3.8) is 0 Å².